The Bertz CT molecular complexity index is 686. The number of hydrogen-bond acceptors (Lipinski definition) is 3. The fourth-order valence-electron chi connectivity index (χ4n) is 3.28. The summed E-state index contributed by atoms with van der Waals surface area (Å²) in [7, 11) is 0. The van der Waals surface area contributed by atoms with Crippen molar-refractivity contribution in [1.29, 1.82) is 0 Å². The van der Waals surface area contributed by atoms with Gasteiger partial charge in [0.2, 0.25) is 0 Å². The summed E-state index contributed by atoms with van der Waals surface area (Å²) in [5.74, 6) is -0.339. The number of carbonyl (C=O) groups excluding carboxylic acids is 1. The van der Waals surface area contributed by atoms with E-state index in [1.807, 2.05) is 37.3 Å². The second kappa shape index (κ2) is 6.52. The van der Waals surface area contributed by atoms with Crippen LogP contribution in [0, 0.1) is 6.92 Å². The largest absolute Gasteiger partial charge is 0.390 e. The molecule has 0 aliphatic heterocycles. The van der Waals surface area contributed by atoms with Crippen molar-refractivity contribution in [3.8, 4) is 0 Å². The normalized spacial score (nSPS) is 26.9. The van der Waals surface area contributed by atoms with Crippen molar-refractivity contribution in [2.45, 2.75) is 37.5 Å². The van der Waals surface area contributed by atoms with Crippen LogP contribution in [-0.2, 0) is 0 Å². The van der Waals surface area contributed by atoms with Crippen LogP contribution in [0.5, 0.6) is 0 Å². The molecule has 4 nitrogen and oxygen atoms in total. The molecule has 1 aliphatic rings. The average Bonchev–Trinajstić information content (AvgIpc) is 2.84. The minimum absolute atomic E-state index is 0.104. The molecule has 0 saturated heterocycles. The van der Waals surface area contributed by atoms with Gasteiger partial charge in [-0.1, -0.05) is 48.0 Å². The van der Waals surface area contributed by atoms with Crippen LogP contribution in [0.15, 0.2) is 54.6 Å². The number of amides is 1. The Kier molecular flexibility index (Phi) is 4.46. The molecule has 3 N–H and O–H groups in total. The standard InChI is InChI=1S/C19H21NO3/c1-12-6-5-9-14(10-12)15-11-16(21)18(22)17(15)20-19(23)13-7-3-2-4-8-13/h2-10,15-18,21-22H,11H2,1H3,(H,20,23). The second-order valence-corrected chi connectivity index (χ2v) is 6.18. The molecule has 1 saturated carbocycles. The molecule has 4 unspecified atom stereocenters. The van der Waals surface area contributed by atoms with Crippen LogP contribution in [0.2, 0.25) is 0 Å². The third kappa shape index (κ3) is 3.28. The zero-order valence-corrected chi connectivity index (χ0v) is 13.0. The number of benzene rings is 2. The lowest BCUT2D eigenvalue weighted by Crippen LogP contribution is -2.45. The summed E-state index contributed by atoms with van der Waals surface area (Å²) in [5.41, 5.74) is 2.69. The Balaban J connectivity index is 1.84. The fraction of sp³-hybridized carbons (Fsp3) is 0.316. The van der Waals surface area contributed by atoms with Crippen LogP contribution < -0.4 is 5.32 Å². The van der Waals surface area contributed by atoms with Gasteiger partial charge in [-0.25, -0.2) is 0 Å². The Morgan fingerprint density at radius 1 is 1.09 bits per heavy atom. The van der Waals surface area contributed by atoms with E-state index in [0.717, 1.165) is 11.1 Å². The molecular formula is C19H21NO3. The van der Waals surface area contributed by atoms with E-state index >= 15 is 0 Å². The molecule has 2 aromatic rings. The van der Waals surface area contributed by atoms with Gasteiger partial charge in [0, 0.05) is 11.5 Å². The highest BCUT2D eigenvalue weighted by Gasteiger charge is 2.43. The van der Waals surface area contributed by atoms with Gasteiger partial charge < -0.3 is 15.5 Å². The Hall–Kier alpha value is -2.17. The third-order valence-electron chi connectivity index (χ3n) is 4.50. The molecule has 4 heteroatoms. The van der Waals surface area contributed by atoms with E-state index in [2.05, 4.69) is 5.32 Å². The first-order valence-corrected chi connectivity index (χ1v) is 7.85. The van der Waals surface area contributed by atoms with Gasteiger partial charge in [0.25, 0.3) is 5.91 Å². The molecule has 1 amide bonds. The number of aryl methyl sites for hydroxylation is 1. The highest BCUT2D eigenvalue weighted by atomic mass is 16.3. The van der Waals surface area contributed by atoms with Gasteiger partial charge in [0.15, 0.2) is 0 Å². The van der Waals surface area contributed by atoms with Gasteiger partial charge in [-0.2, -0.15) is 0 Å². The van der Waals surface area contributed by atoms with Crippen LogP contribution in [0.4, 0.5) is 0 Å². The minimum atomic E-state index is -0.965. The summed E-state index contributed by atoms with van der Waals surface area (Å²) in [6.07, 6.45) is -1.36. The van der Waals surface area contributed by atoms with Crippen LogP contribution >= 0.6 is 0 Å². The molecule has 120 valence electrons. The number of rotatable bonds is 3. The Labute approximate surface area is 135 Å². The lowest BCUT2D eigenvalue weighted by molar-refractivity contribution is 0.0294. The topological polar surface area (TPSA) is 69.6 Å². The van der Waals surface area contributed by atoms with Crippen molar-refractivity contribution in [2.24, 2.45) is 0 Å². The first-order valence-electron chi connectivity index (χ1n) is 7.85. The number of nitrogens with one attached hydrogen (secondary N) is 1. The summed E-state index contributed by atoms with van der Waals surface area (Å²) >= 11 is 0. The minimum Gasteiger partial charge on any atom is -0.390 e. The van der Waals surface area contributed by atoms with Crippen molar-refractivity contribution in [3.05, 3.63) is 71.3 Å². The molecule has 0 aromatic heterocycles. The number of aliphatic hydroxyl groups is 2. The number of aliphatic hydroxyl groups excluding tert-OH is 2. The highest BCUT2D eigenvalue weighted by Crippen LogP contribution is 2.35. The monoisotopic (exact) mass is 311 g/mol. The number of carbonyl (C=O) groups is 1. The summed E-state index contributed by atoms with van der Waals surface area (Å²) in [5, 5.41) is 23.2. The van der Waals surface area contributed by atoms with Crippen molar-refractivity contribution in [3.63, 3.8) is 0 Å². The van der Waals surface area contributed by atoms with Gasteiger partial charge in [-0.15, -0.1) is 0 Å². The lowest BCUT2D eigenvalue weighted by atomic mass is 9.92. The van der Waals surface area contributed by atoms with Gasteiger partial charge in [-0.05, 0) is 31.0 Å². The molecule has 0 bridgehead atoms. The molecule has 0 heterocycles. The maximum Gasteiger partial charge on any atom is 0.251 e. The zero-order valence-electron chi connectivity index (χ0n) is 13.0. The number of hydrogen-bond donors (Lipinski definition) is 3. The van der Waals surface area contributed by atoms with E-state index in [0.29, 0.717) is 12.0 Å². The van der Waals surface area contributed by atoms with E-state index in [1.165, 1.54) is 0 Å². The van der Waals surface area contributed by atoms with Crippen LogP contribution in [0.25, 0.3) is 0 Å². The predicted molar refractivity (Wildman–Crippen MR) is 88.2 cm³/mol. The zero-order chi connectivity index (χ0) is 16.4. The molecule has 3 rings (SSSR count). The van der Waals surface area contributed by atoms with E-state index in [9.17, 15) is 15.0 Å². The highest BCUT2D eigenvalue weighted by molar-refractivity contribution is 5.94. The molecule has 1 aliphatic carbocycles. The van der Waals surface area contributed by atoms with Crippen molar-refractivity contribution in [1.82, 2.24) is 5.32 Å². The van der Waals surface area contributed by atoms with Crippen LogP contribution in [-0.4, -0.2) is 34.4 Å². The maximum atomic E-state index is 12.4. The third-order valence-corrected chi connectivity index (χ3v) is 4.50. The summed E-state index contributed by atoms with van der Waals surface area (Å²) < 4.78 is 0. The molecule has 23 heavy (non-hydrogen) atoms. The molecule has 2 aromatic carbocycles. The first-order chi connectivity index (χ1) is 11.1. The average molecular weight is 311 g/mol. The van der Waals surface area contributed by atoms with Gasteiger partial charge >= 0.3 is 0 Å². The summed E-state index contributed by atoms with van der Waals surface area (Å²) in [6, 6.07) is 16.4. The van der Waals surface area contributed by atoms with Gasteiger partial charge in [0.05, 0.1) is 12.1 Å². The van der Waals surface area contributed by atoms with Crippen molar-refractivity contribution in [2.75, 3.05) is 0 Å². The van der Waals surface area contributed by atoms with Crippen LogP contribution in [0.1, 0.15) is 33.8 Å². The molecular weight excluding hydrogens is 290 g/mol. The van der Waals surface area contributed by atoms with Crippen molar-refractivity contribution >= 4 is 5.91 Å². The van der Waals surface area contributed by atoms with E-state index < -0.39 is 18.2 Å². The molecule has 0 radical (unpaired) electrons. The quantitative estimate of drug-likeness (QED) is 0.812. The molecule has 1 fully saturated rings. The van der Waals surface area contributed by atoms with Gasteiger partial charge in [-0.3, -0.25) is 4.79 Å². The Morgan fingerprint density at radius 3 is 2.52 bits per heavy atom. The first kappa shape index (κ1) is 15.7. The smallest absolute Gasteiger partial charge is 0.251 e. The summed E-state index contributed by atoms with van der Waals surface area (Å²) in [4.78, 5) is 12.4. The van der Waals surface area contributed by atoms with E-state index in [4.69, 9.17) is 0 Å². The Morgan fingerprint density at radius 2 is 1.83 bits per heavy atom. The van der Waals surface area contributed by atoms with E-state index in [1.54, 1.807) is 24.3 Å². The second-order valence-electron chi connectivity index (χ2n) is 6.18. The lowest BCUT2D eigenvalue weighted by Gasteiger charge is -2.24. The SMILES string of the molecule is Cc1cccc(C2CC(O)C(O)C2NC(=O)c2ccccc2)c1. The predicted octanol–water partition coefficient (Wildman–Crippen LogP) is 2.00. The maximum absolute atomic E-state index is 12.4. The van der Waals surface area contributed by atoms with Gasteiger partial charge in [0.1, 0.15) is 6.10 Å². The van der Waals surface area contributed by atoms with E-state index in [-0.39, 0.29) is 11.8 Å². The molecule has 0 spiro atoms. The fourth-order valence-corrected chi connectivity index (χ4v) is 3.28. The van der Waals surface area contributed by atoms with Crippen LogP contribution in [0.3, 0.4) is 0 Å². The summed E-state index contributed by atoms with van der Waals surface area (Å²) in [6.45, 7) is 2.00. The van der Waals surface area contributed by atoms with Crippen molar-refractivity contribution < 1.29 is 15.0 Å². The molecule has 4 atom stereocenters.